The average molecular weight is 546 g/mol. The molecule has 0 fully saturated rings. The Bertz CT molecular complexity index is 1050. The Labute approximate surface area is 217 Å². The second-order valence-corrected chi connectivity index (χ2v) is 11.5. The van der Waals surface area contributed by atoms with Crippen LogP contribution in [0.5, 0.6) is 5.75 Å². The number of aliphatic hydroxyl groups excluding tert-OH is 1. The van der Waals surface area contributed by atoms with Crippen molar-refractivity contribution in [3.05, 3.63) is 50.9 Å². The van der Waals surface area contributed by atoms with Gasteiger partial charge in [-0.05, 0) is 44.9 Å². The highest BCUT2D eigenvalue weighted by atomic mass is 79.9. The Morgan fingerprint density at radius 1 is 1.00 bits per heavy atom. The first-order valence-corrected chi connectivity index (χ1v) is 13.9. The maximum Gasteiger partial charge on any atom is 0.228 e. The van der Waals surface area contributed by atoms with E-state index >= 15 is 0 Å². The van der Waals surface area contributed by atoms with E-state index in [-0.39, 0.29) is 34.5 Å². The molecule has 6 heteroatoms. The van der Waals surface area contributed by atoms with Gasteiger partial charge in [-0.1, -0.05) is 74.2 Å². The van der Waals surface area contributed by atoms with E-state index in [9.17, 15) is 14.7 Å². The van der Waals surface area contributed by atoms with Crippen LogP contribution in [-0.2, 0) is 14.3 Å². The third kappa shape index (κ3) is 5.23. The zero-order valence-corrected chi connectivity index (χ0v) is 22.7. The van der Waals surface area contributed by atoms with E-state index < -0.39 is 17.1 Å². The lowest BCUT2D eigenvalue weighted by molar-refractivity contribution is -0.130. The van der Waals surface area contributed by atoms with Gasteiger partial charge >= 0.3 is 0 Å². The van der Waals surface area contributed by atoms with E-state index in [1.165, 1.54) is 38.5 Å². The van der Waals surface area contributed by atoms with Crippen LogP contribution < -0.4 is 4.74 Å². The van der Waals surface area contributed by atoms with Crippen molar-refractivity contribution < 1.29 is 24.2 Å². The fraction of sp³-hybridized carbons (Fsp3) is 0.586. The molecule has 0 spiro atoms. The first-order valence-electron chi connectivity index (χ1n) is 13.1. The highest BCUT2D eigenvalue weighted by Crippen LogP contribution is 2.53. The minimum absolute atomic E-state index is 0.109. The molecular formula is C29H37BrO5. The molecule has 2 atom stereocenters. The lowest BCUT2D eigenvalue weighted by Gasteiger charge is -2.48. The SMILES string of the molecule is CCCCCCCCCCCC1=C(O)C(=O)C2=C(OC(C)(C)[C@@H]3COc4ccc(Br)cc4[C@H]23)C1=O. The Morgan fingerprint density at radius 2 is 1.66 bits per heavy atom. The molecule has 0 aromatic heterocycles. The summed E-state index contributed by atoms with van der Waals surface area (Å²) in [4.78, 5) is 27.0. The van der Waals surface area contributed by atoms with Gasteiger partial charge in [0.2, 0.25) is 11.6 Å². The van der Waals surface area contributed by atoms with Crippen LogP contribution in [0.15, 0.2) is 45.3 Å². The van der Waals surface area contributed by atoms with Crippen LogP contribution in [0.1, 0.15) is 96.5 Å². The lowest BCUT2D eigenvalue weighted by atomic mass is 9.67. The van der Waals surface area contributed by atoms with Gasteiger partial charge in [-0.25, -0.2) is 0 Å². The number of fused-ring (bicyclic) bond motifs is 4. The molecule has 0 unspecified atom stereocenters. The van der Waals surface area contributed by atoms with Crippen LogP contribution in [0, 0.1) is 5.92 Å². The maximum absolute atomic E-state index is 13.5. The van der Waals surface area contributed by atoms with Crippen molar-refractivity contribution in [3.8, 4) is 5.75 Å². The first kappa shape index (κ1) is 26.0. The number of unbranched alkanes of at least 4 members (excludes halogenated alkanes) is 8. The van der Waals surface area contributed by atoms with E-state index in [0.29, 0.717) is 18.8 Å². The summed E-state index contributed by atoms with van der Waals surface area (Å²) in [6, 6.07) is 5.71. The molecule has 35 heavy (non-hydrogen) atoms. The molecule has 1 N–H and O–H groups in total. The first-order chi connectivity index (χ1) is 16.8. The topological polar surface area (TPSA) is 72.8 Å². The van der Waals surface area contributed by atoms with Crippen LogP contribution >= 0.6 is 15.9 Å². The summed E-state index contributed by atoms with van der Waals surface area (Å²) in [7, 11) is 0. The summed E-state index contributed by atoms with van der Waals surface area (Å²) >= 11 is 3.52. The molecular weight excluding hydrogens is 508 g/mol. The number of carbonyl (C=O) groups excluding carboxylic acids is 2. The maximum atomic E-state index is 13.5. The number of aliphatic hydroxyl groups is 1. The van der Waals surface area contributed by atoms with Gasteiger partial charge in [0.05, 0.1) is 12.2 Å². The summed E-state index contributed by atoms with van der Waals surface area (Å²) in [5, 5.41) is 10.9. The highest BCUT2D eigenvalue weighted by molar-refractivity contribution is 9.10. The van der Waals surface area contributed by atoms with E-state index in [1.54, 1.807) is 0 Å². The average Bonchev–Trinajstić information content (AvgIpc) is 2.82. The molecule has 0 saturated heterocycles. The fourth-order valence-electron chi connectivity index (χ4n) is 5.65. The molecule has 0 bridgehead atoms. The van der Waals surface area contributed by atoms with Crippen LogP contribution in [0.3, 0.4) is 0 Å². The zero-order valence-electron chi connectivity index (χ0n) is 21.1. The fourth-order valence-corrected chi connectivity index (χ4v) is 6.03. The molecule has 4 rings (SSSR count). The number of carbonyl (C=O) groups is 2. The van der Waals surface area contributed by atoms with Crippen LogP contribution in [-0.4, -0.2) is 28.9 Å². The summed E-state index contributed by atoms with van der Waals surface area (Å²) in [6.07, 6.45) is 10.8. The number of benzene rings is 1. The van der Waals surface area contributed by atoms with Crippen molar-refractivity contribution in [2.75, 3.05) is 6.61 Å². The second kappa shape index (κ2) is 10.9. The molecule has 2 heterocycles. The van der Waals surface area contributed by atoms with Gasteiger partial charge in [-0.3, -0.25) is 9.59 Å². The van der Waals surface area contributed by atoms with Crippen molar-refractivity contribution in [2.24, 2.45) is 5.92 Å². The third-order valence-corrected chi connectivity index (χ3v) is 8.19. The second-order valence-electron chi connectivity index (χ2n) is 10.6. The van der Waals surface area contributed by atoms with Crippen molar-refractivity contribution in [2.45, 2.75) is 96.5 Å². The largest absolute Gasteiger partial charge is 0.504 e. The number of allylic oxidation sites excluding steroid dienone is 2. The van der Waals surface area contributed by atoms with Crippen LogP contribution in [0.2, 0.25) is 0 Å². The monoisotopic (exact) mass is 544 g/mol. The number of rotatable bonds is 10. The number of hydrogen-bond donors (Lipinski definition) is 1. The third-order valence-electron chi connectivity index (χ3n) is 7.70. The summed E-state index contributed by atoms with van der Waals surface area (Å²) in [6.45, 7) is 6.48. The minimum atomic E-state index is -0.699. The van der Waals surface area contributed by atoms with E-state index in [0.717, 1.165) is 29.3 Å². The molecule has 0 radical (unpaired) electrons. The summed E-state index contributed by atoms with van der Waals surface area (Å²) in [5.41, 5.74) is 0.619. The molecule has 2 aliphatic heterocycles. The van der Waals surface area contributed by atoms with Gasteiger partial charge in [-0.15, -0.1) is 0 Å². The minimum Gasteiger partial charge on any atom is -0.504 e. The molecule has 1 aliphatic carbocycles. The molecule has 0 amide bonds. The van der Waals surface area contributed by atoms with Crippen molar-refractivity contribution in [1.82, 2.24) is 0 Å². The summed E-state index contributed by atoms with van der Waals surface area (Å²) in [5.74, 6) is -0.955. The predicted molar refractivity (Wildman–Crippen MR) is 140 cm³/mol. The number of Topliss-reactive ketones (excluding diaryl/α,β-unsaturated/α-hetero) is 2. The number of hydrogen-bond acceptors (Lipinski definition) is 5. The summed E-state index contributed by atoms with van der Waals surface area (Å²) < 4.78 is 13.1. The van der Waals surface area contributed by atoms with Gasteiger partial charge in [0, 0.05) is 27.4 Å². The lowest BCUT2D eigenvalue weighted by Crippen LogP contribution is -2.50. The molecule has 3 aliphatic rings. The highest BCUT2D eigenvalue weighted by Gasteiger charge is 2.54. The van der Waals surface area contributed by atoms with Gasteiger partial charge in [0.15, 0.2) is 11.5 Å². The van der Waals surface area contributed by atoms with Crippen molar-refractivity contribution >= 4 is 27.5 Å². The normalized spacial score (nSPS) is 22.9. The van der Waals surface area contributed by atoms with Gasteiger partial charge in [0.25, 0.3) is 0 Å². The number of ketones is 2. The van der Waals surface area contributed by atoms with Gasteiger partial charge < -0.3 is 14.6 Å². The predicted octanol–water partition coefficient (Wildman–Crippen LogP) is 7.49. The Morgan fingerprint density at radius 3 is 2.34 bits per heavy atom. The molecule has 190 valence electrons. The van der Waals surface area contributed by atoms with Crippen molar-refractivity contribution in [3.63, 3.8) is 0 Å². The van der Waals surface area contributed by atoms with Gasteiger partial charge in [-0.2, -0.15) is 0 Å². The van der Waals surface area contributed by atoms with Crippen LogP contribution in [0.25, 0.3) is 0 Å². The van der Waals surface area contributed by atoms with Crippen molar-refractivity contribution in [1.29, 1.82) is 0 Å². The number of halogens is 1. The zero-order chi connectivity index (χ0) is 25.2. The molecule has 0 saturated carbocycles. The van der Waals surface area contributed by atoms with E-state index in [2.05, 4.69) is 22.9 Å². The van der Waals surface area contributed by atoms with E-state index in [1.807, 2.05) is 32.0 Å². The quantitative estimate of drug-likeness (QED) is 0.244. The van der Waals surface area contributed by atoms with Gasteiger partial charge in [0.1, 0.15) is 11.4 Å². The Kier molecular flexibility index (Phi) is 8.09. The Balaban J connectivity index is 1.50. The van der Waals surface area contributed by atoms with E-state index in [4.69, 9.17) is 9.47 Å². The molecule has 5 nitrogen and oxygen atoms in total. The standard InChI is InChI=1S/C29H37BrO5/c1-4-5-6-7-8-9-10-11-12-13-19-25(31)27(33)24-23-20-16-18(30)14-15-22(20)34-17-21(23)29(2,3)35-28(24)26(19)32/h14-16,21,23,31H,4-13,17H2,1-3H3/t21-,23+/m1/s1. The Hall–Kier alpha value is -2.08. The van der Waals surface area contributed by atoms with Crippen LogP contribution in [0.4, 0.5) is 0 Å². The molecule has 1 aromatic rings. The number of ether oxygens (including phenoxy) is 2. The molecule has 1 aromatic carbocycles. The smallest absolute Gasteiger partial charge is 0.228 e.